The number of nitrogens with zero attached hydrogens (tertiary/aromatic N) is 4. The molecule has 0 unspecified atom stereocenters. The van der Waals surface area contributed by atoms with Crippen LogP contribution < -0.4 is 0 Å². The van der Waals surface area contributed by atoms with Crippen LogP contribution in [0.4, 0.5) is 0 Å². The molecule has 6 heteroatoms. The Hall–Kier alpha value is -5.02. The molecular formula is C31H24N4O2. The SMILES string of the molecule is CC1=C(C#N)C(=O)N(Cc2ccccc2)C(=O)/C1=C/c1cn(-c2ccccc2)nc1-c1ccc(C)cc1. The average molecular weight is 485 g/mol. The van der Waals surface area contributed by atoms with Crippen LogP contribution in [0.5, 0.6) is 0 Å². The predicted octanol–water partition coefficient (Wildman–Crippen LogP) is 5.64. The van der Waals surface area contributed by atoms with Crippen molar-refractivity contribution in [2.24, 2.45) is 0 Å². The quantitative estimate of drug-likeness (QED) is 0.271. The summed E-state index contributed by atoms with van der Waals surface area (Å²) in [5.74, 6) is -1.02. The van der Waals surface area contributed by atoms with Gasteiger partial charge in [-0.25, -0.2) is 4.68 Å². The highest BCUT2D eigenvalue weighted by Gasteiger charge is 2.35. The molecule has 0 radical (unpaired) electrons. The van der Waals surface area contributed by atoms with E-state index in [1.807, 2.05) is 104 Å². The summed E-state index contributed by atoms with van der Waals surface area (Å²) < 4.78 is 1.77. The van der Waals surface area contributed by atoms with Crippen LogP contribution in [0.2, 0.25) is 0 Å². The summed E-state index contributed by atoms with van der Waals surface area (Å²) in [5, 5.41) is 14.6. The van der Waals surface area contributed by atoms with E-state index >= 15 is 0 Å². The number of carbonyl (C=O) groups excluding carboxylic acids is 2. The summed E-state index contributed by atoms with van der Waals surface area (Å²) >= 11 is 0. The topological polar surface area (TPSA) is 79.0 Å². The molecule has 0 spiro atoms. The van der Waals surface area contributed by atoms with Crippen molar-refractivity contribution in [1.29, 1.82) is 5.26 Å². The minimum atomic E-state index is -0.579. The fraction of sp³-hybridized carbons (Fsp3) is 0.0968. The van der Waals surface area contributed by atoms with Crippen molar-refractivity contribution >= 4 is 17.9 Å². The van der Waals surface area contributed by atoms with Crippen molar-refractivity contribution in [3.63, 3.8) is 0 Å². The Morgan fingerprint density at radius 3 is 2.16 bits per heavy atom. The van der Waals surface area contributed by atoms with E-state index in [9.17, 15) is 14.9 Å². The van der Waals surface area contributed by atoms with Crippen LogP contribution in [0.3, 0.4) is 0 Å². The van der Waals surface area contributed by atoms with Gasteiger partial charge in [-0.3, -0.25) is 14.5 Å². The lowest BCUT2D eigenvalue weighted by molar-refractivity contribution is -0.141. The Kier molecular flexibility index (Phi) is 6.36. The van der Waals surface area contributed by atoms with Gasteiger partial charge in [0.2, 0.25) is 0 Å². The number of hydrogen-bond donors (Lipinski definition) is 0. The lowest BCUT2D eigenvalue weighted by Crippen LogP contribution is -2.42. The van der Waals surface area contributed by atoms with E-state index in [0.29, 0.717) is 22.4 Å². The number of nitriles is 1. The maximum absolute atomic E-state index is 13.7. The van der Waals surface area contributed by atoms with E-state index in [1.54, 1.807) is 17.7 Å². The third kappa shape index (κ3) is 4.63. The third-order valence-electron chi connectivity index (χ3n) is 6.40. The Balaban J connectivity index is 1.65. The second kappa shape index (κ2) is 9.92. The first-order chi connectivity index (χ1) is 18.0. The molecule has 0 aliphatic carbocycles. The van der Waals surface area contributed by atoms with E-state index in [1.165, 1.54) is 0 Å². The molecule has 0 atom stereocenters. The number of rotatable bonds is 5. The zero-order valence-corrected chi connectivity index (χ0v) is 20.6. The summed E-state index contributed by atoms with van der Waals surface area (Å²) in [6, 6.07) is 29.0. The zero-order valence-electron chi connectivity index (χ0n) is 20.6. The fourth-order valence-corrected chi connectivity index (χ4v) is 4.34. The second-order valence-corrected chi connectivity index (χ2v) is 8.93. The van der Waals surface area contributed by atoms with Gasteiger partial charge in [-0.15, -0.1) is 0 Å². The molecule has 180 valence electrons. The van der Waals surface area contributed by atoms with Gasteiger partial charge in [0, 0.05) is 22.9 Å². The van der Waals surface area contributed by atoms with Gasteiger partial charge in [-0.05, 0) is 43.2 Å². The van der Waals surface area contributed by atoms with Crippen molar-refractivity contribution in [2.45, 2.75) is 20.4 Å². The third-order valence-corrected chi connectivity index (χ3v) is 6.40. The van der Waals surface area contributed by atoms with Gasteiger partial charge in [0.25, 0.3) is 11.8 Å². The van der Waals surface area contributed by atoms with Crippen LogP contribution >= 0.6 is 0 Å². The van der Waals surface area contributed by atoms with Crippen LogP contribution in [0, 0.1) is 18.3 Å². The van der Waals surface area contributed by atoms with Crippen LogP contribution in [0.15, 0.2) is 108 Å². The van der Waals surface area contributed by atoms with Crippen molar-refractivity contribution in [3.05, 3.63) is 125 Å². The van der Waals surface area contributed by atoms with Crippen molar-refractivity contribution < 1.29 is 9.59 Å². The molecule has 0 N–H and O–H groups in total. The maximum atomic E-state index is 13.7. The Morgan fingerprint density at radius 2 is 1.51 bits per heavy atom. The lowest BCUT2D eigenvalue weighted by atomic mass is 9.93. The Bertz CT molecular complexity index is 1590. The normalized spacial score (nSPS) is 14.8. The van der Waals surface area contributed by atoms with Gasteiger partial charge >= 0.3 is 0 Å². The average Bonchev–Trinajstić information content (AvgIpc) is 3.35. The molecular weight excluding hydrogens is 460 g/mol. The maximum Gasteiger partial charge on any atom is 0.271 e. The number of benzene rings is 3. The molecule has 37 heavy (non-hydrogen) atoms. The van der Waals surface area contributed by atoms with E-state index in [2.05, 4.69) is 0 Å². The first-order valence-corrected chi connectivity index (χ1v) is 11.9. The zero-order chi connectivity index (χ0) is 25.9. The van der Waals surface area contributed by atoms with E-state index in [-0.39, 0.29) is 12.1 Å². The predicted molar refractivity (Wildman–Crippen MR) is 142 cm³/mol. The monoisotopic (exact) mass is 484 g/mol. The molecule has 3 aromatic carbocycles. The fourth-order valence-electron chi connectivity index (χ4n) is 4.34. The number of aryl methyl sites for hydroxylation is 1. The molecule has 0 saturated heterocycles. The largest absolute Gasteiger partial charge is 0.271 e. The summed E-state index contributed by atoms with van der Waals surface area (Å²) in [4.78, 5) is 27.9. The molecule has 0 fully saturated rings. The molecule has 2 amide bonds. The molecule has 1 aliphatic heterocycles. The summed E-state index contributed by atoms with van der Waals surface area (Å²) in [7, 11) is 0. The number of imide groups is 1. The number of para-hydroxylation sites is 1. The Labute approximate surface area is 215 Å². The van der Waals surface area contributed by atoms with Gasteiger partial charge < -0.3 is 0 Å². The summed E-state index contributed by atoms with van der Waals surface area (Å²) in [5.41, 5.74) is 5.74. The standard InChI is InChI=1S/C31H24N4O2/c1-21-13-15-24(16-14-21)29-25(20-35(33-29)26-11-7-4-8-12-26)17-27-22(2)28(18-32)31(37)34(30(27)36)19-23-9-5-3-6-10-23/h3-17,20H,19H2,1-2H3/b27-17+. The van der Waals surface area contributed by atoms with Crippen LogP contribution in [-0.4, -0.2) is 26.5 Å². The number of carbonyl (C=O) groups is 2. The van der Waals surface area contributed by atoms with Crippen molar-refractivity contribution in [1.82, 2.24) is 14.7 Å². The molecule has 1 aliphatic rings. The van der Waals surface area contributed by atoms with Gasteiger partial charge in [0.1, 0.15) is 11.6 Å². The number of amides is 2. The molecule has 4 aromatic rings. The number of hydrogen-bond acceptors (Lipinski definition) is 4. The molecule has 2 heterocycles. The van der Waals surface area contributed by atoms with Crippen molar-refractivity contribution in [3.8, 4) is 23.0 Å². The van der Waals surface area contributed by atoms with Gasteiger partial charge in [0.05, 0.1) is 17.9 Å². The first kappa shape index (κ1) is 23.7. The van der Waals surface area contributed by atoms with E-state index in [4.69, 9.17) is 5.10 Å². The molecule has 0 bridgehead atoms. The minimum Gasteiger partial charge on any atom is -0.269 e. The van der Waals surface area contributed by atoms with Crippen LogP contribution in [0.25, 0.3) is 23.0 Å². The van der Waals surface area contributed by atoms with E-state index in [0.717, 1.165) is 27.3 Å². The minimum absolute atomic E-state index is 0.0332. The van der Waals surface area contributed by atoms with Crippen LogP contribution in [-0.2, 0) is 16.1 Å². The smallest absolute Gasteiger partial charge is 0.269 e. The van der Waals surface area contributed by atoms with Gasteiger partial charge in [0.15, 0.2) is 0 Å². The first-order valence-electron chi connectivity index (χ1n) is 11.9. The van der Waals surface area contributed by atoms with Gasteiger partial charge in [-0.2, -0.15) is 10.4 Å². The van der Waals surface area contributed by atoms with Crippen molar-refractivity contribution in [2.75, 3.05) is 0 Å². The van der Waals surface area contributed by atoms with E-state index < -0.39 is 11.8 Å². The van der Waals surface area contributed by atoms with Gasteiger partial charge in [-0.1, -0.05) is 78.4 Å². The molecule has 6 nitrogen and oxygen atoms in total. The number of aromatic nitrogens is 2. The molecule has 1 aromatic heterocycles. The van der Waals surface area contributed by atoms with Crippen LogP contribution in [0.1, 0.15) is 23.6 Å². The molecule has 5 rings (SSSR count). The highest BCUT2D eigenvalue weighted by atomic mass is 16.2. The second-order valence-electron chi connectivity index (χ2n) is 8.93. The highest BCUT2D eigenvalue weighted by Crippen LogP contribution is 2.31. The highest BCUT2D eigenvalue weighted by molar-refractivity contribution is 6.19. The summed E-state index contributed by atoms with van der Waals surface area (Å²) in [6.07, 6.45) is 3.60. The molecule has 0 saturated carbocycles. The summed E-state index contributed by atoms with van der Waals surface area (Å²) in [6.45, 7) is 3.75. The Morgan fingerprint density at radius 1 is 0.865 bits per heavy atom. The lowest BCUT2D eigenvalue weighted by Gasteiger charge is -2.27.